The quantitative estimate of drug-likeness (QED) is 0.150. The number of hydrogen-bond donors (Lipinski definition) is 0. The lowest BCUT2D eigenvalue weighted by molar-refractivity contribution is -0.137. The van der Waals surface area contributed by atoms with Crippen molar-refractivity contribution in [3.63, 3.8) is 0 Å². The molecule has 0 spiro atoms. The summed E-state index contributed by atoms with van der Waals surface area (Å²) in [6, 6.07) is 19.4. The van der Waals surface area contributed by atoms with Crippen LogP contribution in [0, 0.1) is 0 Å². The molecule has 232 valence electrons. The lowest BCUT2D eigenvalue weighted by atomic mass is 9.87. The van der Waals surface area contributed by atoms with Crippen LogP contribution in [0.5, 0.6) is 0 Å². The van der Waals surface area contributed by atoms with Crippen LogP contribution in [-0.2, 0) is 12.7 Å². The molecule has 0 N–H and O–H groups in total. The second-order valence-corrected chi connectivity index (χ2v) is 15.1. The molecule has 0 bridgehead atoms. The summed E-state index contributed by atoms with van der Waals surface area (Å²) in [5.74, 6) is 0.399. The van der Waals surface area contributed by atoms with Crippen LogP contribution in [0.25, 0.3) is 16.5 Å². The predicted molar refractivity (Wildman–Crippen MR) is 181 cm³/mol. The van der Waals surface area contributed by atoms with Gasteiger partial charge in [-0.15, -0.1) is 11.3 Å². The highest BCUT2D eigenvalue weighted by Gasteiger charge is 2.36. The molecule has 1 saturated heterocycles. The maximum Gasteiger partial charge on any atom is 0.416 e. The number of aromatic nitrogens is 1. The number of likely N-dealkylation sites (tertiary alicyclic amines) is 1. The van der Waals surface area contributed by atoms with Crippen molar-refractivity contribution in [1.29, 1.82) is 0 Å². The minimum atomic E-state index is -4.31. The number of halogens is 5. The number of amides is 1. The van der Waals surface area contributed by atoms with Gasteiger partial charge in [-0.25, -0.2) is 3.15 Å². The topological polar surface area (TPSA) is 48.8 Å². The molecule has 3 aliphatic rings. The van der Waals surface area contributed by atoms with Crippen molar-refractivity contribution in [2.45, 2.75) is 50.4 Å². The van der Waals surface area contributed by atoms with Gasteiger partial charge < -0.3 is 0 Å². The molecule has 1 aliphatic carbocycles. The fraction of sp³-hybridized carbons (Fsp3) is 0.294. The van der Waals surface area contributed by atoms with Crippen LogP contribution in [0.15, 0.2) is 76.0 Å². The zero-order chi connectivity index (χ0) is 31.3. The average Bonchev–Trinajstić information content (AvgIpc) is 3.48. The van der Waals surface area contributed by atoms with Crippen LogP contribution in [0.2, 0.25) is 5.02 Å². The first-order valence-corrected chi connectivity index (χ1v) is 17.9. The lowest BCUT2D eigenvalue weighted by Gasteiger charge is -2.34. The molecule has 1 fully saturated rings. The second-order valence-electron chi connectivity index (χ2n) is 11.7. The van der Waals surface area contributed by atoms with Crippen molar-refractivity contribution < 1.29 is 18.0 Å². The average molecular weight is 761 g/mol. The Bertz CT molecular complexity index is 1800. The largest absolute Gasteiger partial charge is 0.416 e. The van der Waals surface area contributed by atoms with Gasteiger partial charge in [0.15, 0.2) is 0 Å². The number of nitrogens with zero attached hydrogens (tertiary/aromatic N) is 4. The van der Waals surface area contributed by atoms with Crippen LogP contribution < -0.4 is 0 Å². The molecule has 2 aromatic heterocycles. The van der Waals surface area contributed by atoms with Crippen LogP contribution >= 0.6 is 44.2 Å². The summed E-state index contributed by atoms with van der Waals surface area (Å²) in [5, 5.41) is 0.678. The first kappa shape index (κ1) is 30.7. The summed E-state index contributed by atoms with van der Waals surface area (Å²) in [6.07, 6.45) is 1.64. The number of alkyl halides is 3. The monoisotopic (exact) mass is 760 g/mol. The molecule has 0 radical (unpaired) electrons. The SMILES string of the molecule is C[C@H]1c2ccc(CN3CCC(c4ccc(C(F)(F)F)cc4)CC3)nc2C=CC1N1I=Nc2cc(-c3ccc(Cl)cc3)sc2C1=O. The van der Waals surface area contributed by atoms with Crippen molar-refractivity contribution in [3.8, 4) is 10.4 Å². The number of pyridine rings is 1. The Kier molecular flexibility index (Phi) is 8.43. The molecule has 1 unspecified atom stereocenters. The molecule has 4 aromatic rings. The van der Waals surface area contributed by atoms with Crippen molar-refractivity contribution in [2.24, 2.45) is 3.15 Å². The molecular formula is C34H29ClF3IN4OS. The number of carbonyl (C=O) groups excluding carboxylic acids is 1. The fourth-order valence-corrected chi connectivity index (χ4v) is 10.0. The van der Waals surface area contributed by atoms with Crippen molar-refractivity contribution >= 4 is 61.9 Å². The molecule has 1 amide bonds. The van der Waals surface area contributed by atoms with E-state index in [1.165, 1.54) is 23.5 Å². The van der Waals surface area contributed by atoms with Crippen LogP contribution in [0.1, 0.15) is 69.4 Å². The third-order valence-corrected chi connectivity index (χ3v) is 12.5. The summed E-state index contributed by atoms with van der Waals surface area (Å²) < 4.78 is 45.6. The molecule has 2 aliphatic heterocycles. The highest BCUT2D eigenvalue weighted by molar-refractivity contribution is 14.1. The van der Waals surface area contributed by atoms with Crippen LogP contribution in [0.3, 0.4) is 0 Å². The lowest BCUT2D eigenvalue weighted by Crippen LogP contribution is -2.37. The van der Waals surface area contributed by atoms with E-state index in [1.807, 2.05) is 39.5 Å². The van der Waals surface area contributed by atoms with Crippen LogP contribution in [0.4, 0.5) is 18.9 Å². The summed E-state index contributed by atoms with van der Waals surface area (Å²) in [7, 11) is 0. The van der Waals surface area contributed by atoms with E-state index in [2.05, 4.69) is 30.0 Å². The molecule has 11 heteroatoms. The molecule has 7 rings (SSSR count). The van der Waals surface area contributed by atoms with E-state index in [1.54, 1.807) is 12.1 Å². The highest BCUT2D eigenvalue weighted by atomic mass is 127. The fourth-order valence-electron chi connectivity index (χ4n) is 6.30. The van der Waals surface area contributed by atoms with Gasteiger partial charge in [0.05, 0.1) is 28.7 Å². The van der Waals surface area contributed by atoms with Crippen molar-refractivity contribution in [2.75, 3.05) is 13.1 Å². The van der Waals surface area contributed by atoms with Gasteiger partial charge in [-0.1, -0.05) is 54.9 Å². The van der Waals surface area contributed by atoms with E-state index in [0.717, 1.165) is 71.1 Å². The first-order chi connectivity index (χ1) is 21.6. The number of benzene rings is 2. The van der Waals surface area contributed by atoms with Crippen LogP contribution in [-0.4, -0.2) is 38.0 Å². The maximum atomic E-state index is 13.7. The number of hydrogen-bond acceptors (Lipinski definition) is 5. The van der Waals surface area contributed by atoms with E-state index in [4.69, 9.17) is 19.7 Å². The summed E-state index contributed by atoms with van der Waals surface area (Å²) in [6.45, 7) is 4.62. The van der Waals surface area contributed by atoms with Gasteiger partial charge in [-0.05, 0) is 91.0 Å². The van der Waals surface area contributed by atoms with Gasteiger partial charge in [-0.2, -0.15) is 13.2 Å². The minimum Gasteiger partial charge on any atom is -0.297 e. The maximum absolute atomic E-state index is 13.7. The number of piperidine rings is 1. The van der Waals surface area contributed by atoms with Gasteiger partial charge in [0.2, 0.25) is 0 Å². The number of carbonyl (C=O) groups is 1. The van der Waals surface area contributed by atoms with E-state index >= 15 is 0 Å². The standard InChI is InChI=1S/C34H29ClF3IN4OS/c1-20-27-11-10-26(19-42-16-14-22(15-17-42)21-2-6-24(7-3-21)34(36,37)38)40-28(27)12-13-30(20)43-33(44)32-29(41-39-43)18-31(45-32)23-4-8-25(35)9-5-23/h2-13,18,20,22,30H,14-17,19H2,1H3/t20-,30?/m0/s1. The molecule has 0 saturated carbocycles. The third-order valence-electron chi connectivity index (χ3n) is 8.85. The second kappa shape index (κ2) is 12.4. The number of fused-ring (bicyclic) bond motifs is 2. The Labute approximate surface area is 279 Å². The third kappa shape index (κ3) is 6.26. The van der Waals surface area contributed by atoms with Gasteiger partial charge in [0.25, 0.3) is 5.91 Å². The summed E-state index contributed by atoms with van der Waals surface area (Å²) >= 11 is 6.68. The molecule has 2 aromatic carbocycles. The molecule has 4 heterocycles. The predicted octanol–water partition coefficient (Wildman–Crippen LogP) is 10.2. The Morgan fingerprint density at radius 2 is 1.76 bits per heavy atom. The Balaban J connectivity index is 0.992. The number of thiophene rings is 1. The summed E-state index contributed by atoms with van der Waals surface area (Å²) in [5.41, 5.74) is 5.25. The Morgan fingerprint density at radius 1 is 1.02 bits per heavy atom. The van der Waals surface area contributed by atoms with E-state index in [9.17, 15) is 18.0 Å². The van der Waals surface area contributed by atoms with E-state index in [-0.39, 0.29) is 23.8 Å². The van der Waals surface area contributed by atoms with Gasteiger partial charge in [-0.3, -0.25) is 17.8 Å². The van der Waals surface area contributed by atoms with Gasteiger partial charge in [0.1, 0.15) is 26.2 Å². The molecule has 5 nitrogen and oxygen atoms in total. The normalized spacial score (nSPS) is 20.6. The van der Waals surface area contributed by atoms with Gasteiger partial charge >= 0.3 is 6.18 Å². The Hall–Kier alpha value is -2.93. The smallest absolute Gasteiger partial charge is 0.297 e. The zero-order valence-corrected chi connectivity index (χ0v) is 28.0. The first-order valence-electron chi connectivity index (χ1n) is 14.8. The molecule has 2 atom stereocenters. The van der Waals surface area contributed by atoms with E-state index in [0.29, 0.717) is 9.90 Å². The van der Waals surface area contributed by atoms with E-state index < -0.39 is 33.0 Å². The minimum absolute atomic E-state index is 0.0484. The number of rotatable bonds is 5. The Morgan fingerprint density at radius 3 is 2.47 bits per heavy atom. The van der Waals surface area contributed by atoms with Crippen molar-refractivity contribution in [3.05, 3.63) is 111 Å². The summed E-state index contributed by atoms with van der Waals surface area (Å²) in [4.78, 5) is 22.7. The van der Waals surface area contributed by atoms with Crippen molar-refractivity contribution in [1.82, 2.24) is 13.0 Å². The zero-order valence-electron chi connectivity index (χ0n) is 24.3. The van der Waals surface area contributed by atoms with Gasteiger partial charge in [0, 0.05) is 22.4 Å². The molecular weight excluding hydrogens is 732 g/mol. The highest BCUT2D eigenvalue weighted by Crippen LogP contribution is 2.46. The molecule has 45 heavy (non-hydrogen) atoms.